The number of hydrogen-bond acceptors (Lipinski definition) is 2. The molecular weight excluding hydrogens is 126 g/mol. The second-order valence-corrected chi connectivity index (χ2v) is 3.92. The van der Waals surface area contributed by atoms with Gasteiger partial charge in [-0.1, -0.05) is 0 Å². The van der Waals surface area contributed by atoms with Gasteiger partial charge < -0.3 is 10.4 Å². The fourth-order valence-electron chi connectivity index (χ4n) is 1.42. The standard InChI is InChI=1S/C8H17NO/c1-7(2,10)8(3)5-4-6-9-8/h9-10H,4-6H2,1-3H3/t8-/m1/s1. The van der Waals surface area contributed by atoms with Crippen molar-refractivity contribution in [2.45, 2.75) is 44.8 Å². The Morgan fingerprint density at radius 1 is 1.50 bits per heavy atom. The first kappa shape index (κ1) is 8.02. The van der Waals surface area contributed by atoms with Gasteiger partial charge in [0.05, 0.1) is 5.60 Å². The quantitative estimate of drug-likeness (QED) is 0.571. The van der Waals surface area contributed by atoms with Crippen LogP contribution in [0.1, 0.15) is 33.6 Å². The van der Waals surface area contributed by atoms with Gasteiger partial charge in [0.1, 0.15) is 0 Å². The highest BCUT2D eigenvalue weighted by atomic mass is 16.3. The third-order valence-electron chi connectivity index (χ3n) is 2.72. The molecule has 1 aliphatic heterocycles. The average molecular weight is 143 g/mol. The van der Waals surface area contributed by atoms with E-state index >= 15 is 0 Å². The smallest absolute Gasteiger partial charge is 0.0769 e. The molecule has 0 aromatic heterocycles. The second kappa shape index (κ2) is 2.21. The van der Waals surface area contributed by atoms with Crippen molar-refractivity contribution in [3.8, 4) is 0 Å². The molecule has 1 saturated heterocycles. The maximum Gasteiger partial charge on any atom is 0.0769 e. The third kappa shape index (κ3) is 1.18. The second-order valence-electron chi connectivity index (χ2n) is 3.92. The van der Waals surface area contributed by atoms with Crippen molar-refractivity contribution in [3.63, 3.8) is 0 Å². The molecule has 1 atom stereocenters. The molecule has 1 rings (SSSR count). The van der Waals surface area contributed by atoms with Crippen LogP contribution in [0.3, 0.4) is 0 Å². The van der Waals surface area contributed by atoms with Crippen molar-refractivity contribution >= 4 is 0 Å². The van der Waals surface area contributed by atoms with Crippen LogP contribution in [-0.4, -0.2) is 22.8 Å². The van der Waals surface area contributed by atoms with Gasteiger partial charge in [-0.2, -0.15) is 0 Å². The molecule has 0 saturated carbocycles. The fraction of sp³-hybridized carbons (Fsp3) is 1.00. The molecule has 0 aromatic carbocycles. The van der Waals surface area contributed by atoms with Gasteiger partial charge in [0.25, 0.3) is 0 Å². The zero-order valence-corrected chi connectivity index (χ0v) is 7.07. The van der Waals surface area contributed by atoms with E-state index in [1.165, 1.54) is 6.42 Å². The van der Waals surface area contributed by atoms with Gasteiger partial charge in [-0.15, -0.1) is 0 Å². The van der Waals surface area contributed by atoms with Crippen molar-refractivity contribution in [2.75, 3.05) is 6.54 Å². The summed E-state index contributed by atoms with van der Waals surface area (Å²) in [5.74, 6) is 0. The van der Waals surface area contributed by atoms with E-state index in [2.05, 4.69) is 12.2 Å². The van der Waals surface area contributed by atoms with Gasteiger partial charge in [0.2, 0.25) is 0 Å². The summed E-state index contributed by atoms with van der Waals surface area (Å²) in [6, 6.07) is 0. The largest absolute Gasteiger partial charge is 0.389 e. The predicted molar refractivity (Wildman–Crippen MR) is 41.9 cm³/mol. The third-order valence-corrected chi connectivity index (χ3v) is 2.72. The molecule has 0 aromatic rings. The van der Waals surface area contributed by atoms with E-state index in [4.69, 9.17) is 0 Å². The van der Waals surface area contributed by atoms with Crippen molar-refractivity contribution in [1.29, 1.82) is 0 Å². The molecule has 0 aliphatic carbocycles. The molecule has 2 nitrogen and oxygen atoms in total. The molecule has 1 fully saturated rings. The van der Waals surface area contributed by atoms with Gasteiger partial charge in [0.15, 0.2) is 0 Å². The minimum absolute atomic E-state index is 0.0625. The maximum absolute atomic E-state index is 9.71. The molecule has 0 bridgehead atoms. The summed E-state index contributed by atoms with van der Waals surface area (Å²) in [6.07, 6.45) is 2.26. The van der Waals surface area contributed by atoms with Crippen LogP contribution in [0.25, 0.3) is 0 Å². The van der Waals surface area contributed by atoms with E-state index in [1.54, 1.807) is 0 Å². The van der Waals surface area contributed by atoms with Crippen LogP contribution in [0, 0.1) is 0 Å². The van der Waals surface area contributed by atoms with Crippen LogP contribution in [-0.2, 0) is 0 Å². The first-order valence-electron chi connectivity index (χ1n) is 3.93. The Hall–Kier alpha value is -0.0800. The molecule has 0 radical (unpaired) electrons. The maximum atomic E-state index is 9.71. The Morgan fingerprint density at radius 3 is 2.30 bits per heavy atom. The summed E-state index contributed by atoms with van der Waals surface area (Å²) in [4.78, 5) is 0. The Labute approximate surface area is 62.6 Å². The summed E-state index contributed by atoms with van der Waals surface area (Å²) in [5, 5.41) is 13.0. The minimum Gasteiger partial charge on any atom is -0.389 e. The van der Waals surface area contributed by atoms with E-state index in [0.29, 0.717) is 0 Å². The summed E-state index contributed by atoms with van der Waals surface area (Å²) < 4.78 is 0. The van der Waals surface area contributed by atoms with Gasteiger partial charge in [0, 0.05) is 5.54 Å². The monoisotopic (exact) mass is 143 g/mol. The number of rotatable bonds is 1. The van der Waals surface area contributed by atoms with Crippen LogP contribution in [0.5, 0.6) is 0 Å². The first-order valence-corrected chi connectivity index (χ1v) is 3.93. The molecule has 2 heteroatoms. The Balaban J connectivity index is 2.67. The van der Waals surface area contributed by atoms with E-state index in [-0.39, 0.29) is 5.54 Å². The van der Waals surface area contributed by atoms with Crippen molar-refractivity contribution < 1.29 is 5.11 Å². The zero-order valence-electron chi connectivity index (χ0n) is 7.07. The van der Waals surface area contributed by atoms with Gasteiger partial charge in [-0.05, 0) is 40.2 Å². The number of aliphatic hydroxyl groups is 1. The van der Waals surface area contributed by atoms with E-state index in [9.17, 15) is 5.11 Å². The molecule has 1 aliphatic rings. The Morgan fingerprint density at radius 2 is 2.10 bits per heavy atom. The molecular formula is C8H17NO. The SMILES string of the molecule is CC(C)(O)[C@@]1(C)CCCN1. The Bertz CT molecular complexity index is 120. The van der Waals surface area contributed by atoms with Gasteiger partial charge in [-0.3, -0.25) is 0 Å². The minimum atomic E-state index is -0.594. The lowest BCUT2D eigenvalue weighted by Crippen LogP contribution is -2.54. The molecule has 1 heterocycles. The topological polar surface area (TPSA) is 32.3 Å². The lowest BCUT2D eigenvalue weighted by Gasteiger charge is -2.37. The predicted octanol–water partition coefficient (Wildman–Crippen LogP) is 0.899. The van der Waals surface area contributed by atoms with Crippen molar-refractivity contribution in [2.24, 2.45) is 0 Å². The first-order chi connectivity index (χ1) is 4.46. The van der Waals surface area contributed by atoms with E-state index in [0.717, 1.165) is 13.0 Å². The van der Waals surface area contributed by atoms with Crippen molar-refractivity contribution in [1.82, 2.24) is 5.32 Å². The lowest BCUT2D eigenvalue weighted by atomic mass is 9.83. The highest BCUT2D eigenvalue weighted by Gasteiger charge is 2.41. The molecule has 0 unspecified atom stereocenters. The normalized spacial score (nSPS) is 34.8. The molecule has 10 heavy (non-hydrogen) atoms. The summed E-state index contributed by atoms with van der Waals surface area (Å²) in [6.45, 7) is 6.86. The van der Waals surface area contributed by atoms with Gasteiger partial charge >= 0.3 is 0 Å². The highest BCUT2D eigenvalue weighted by Crippen LogP contribution is 2.29. The van der Waals surface area contributed by atoms with Crippen molar-refractivity contribution in [3.05, 3.63) is 0 Å². The van der Waals surface area contributed by atoms with E-state index in [1.807, 2.05) is 13.8 Å². The molecule has 60 valence electrons. The summed E-state index contributed by atoms with van der Waals surface area (Å²) >= 11 is 0. The van der Waals surface area contributed by atoms with Gasteiger partial charge in [-0.25, -0.2) is 0 Å². The highest BCUT2D eigenvalue weighted by molar-refractivity contribution is 5.00. The molecule has 0 spiro atoms. The molecule has 2 N–H and O–H groups in total. The number of nitrogens with one attached hydrogen (secondary N) is 1. The summed E-state index contributed by atoms with van der Waals surface area (Å²) in [7, 11) is 0. The average Bonchev–Trinajstić information content (AvgIpc) is 2.13. The van der Waals surface area contributed by atoms with Crippen LogP contribution < -0.4 is 5.32 Å². The summed E-state index contributed by atoms with van der Waals surface area (Å²) in [5.41, 5.74) is -0.656. The van der Waals surface area contributed by atoms with Crippen LogP contribution in [0.4, 0.5) is 0 Å². The fourth-order valence-corrected chi connectivity index (χ4v) is 1.42. The number of hydrogen-bond donors (Lipinski definition) is 2. The lowest BCUT2D eigenvalue weighted by molar-refractivity contribution is -0.00415. The van der Waals surface area contributed by atoms with E-state index < -0.39 is 5.60 Å². The zero-order chi connectivity index (χ0) is 7.83. The van der Waals surface area contributed by atoms with Crippen LogP contribution in [0.15, 0.2) is 0 Å². The van der Waals surface area contributed by atoms with Crippen LogP contribution in [0.2, 0.25) is 0 Å². The van der Waals surface area contributed by atoms with Crippen LogP contribution >= 0.6 is 0 Å². The molecule has 0 amide bonds. The Kier molecular flexibility index (Phi) is 1.77.